The molecule has 0 heterocycles. The number of amides is 2. The van der Waals surface area contributed by atoms with Crippen LogP contribution in [0, 0.1) is 0 Å². The van der Waals surface area contributed by atoms with Gasteiger partial charge in [-0.3, -0.25) is 9.59 Å². The predicted molar refractivity (Wildman–Crippen MR) is 138 cm³/mol. The zero-order valence-electron chi connectivity index (χ0n) is 19.6. The third-order valence-electron chi connectivity index (χ3n) is 5.41. The average molecular weight is 512 g/mol. The van der Waals surface area contributed by atoms with Crippen molar-refractivity contribution in [3.8, 4) is 5.75 Å². The highest BCUT2D eigenvalue weighted by molar-refractivity contribution is 7.99. The summed E-state index contributed by atoms with van der Waals surface area (Å²) < 4.78 is 5.32. The number of carbonyl (C=O) groups excluding carboxylic acids is 2. The van der Waals surface area contributed by atoms with E-state index < -0.39 is 6.04 Å². The van der Waals surface area contributed by atoms with Crippen molar-refractivity contribution in [2.24, 2.45) is 0 Å². The Kier molecular flexibility index (Phi) is 11.4. The second kappa shape index (κ2) is 13.7. The molecule has 2 amide bonds. The first-order valence-electron chi connectivity index (χ1n) is 11.0. The van der Waals surface area contributed by atoms with Crippen molar-refractivity contribution in [2.75, 3.05) is 12.9 Å². The van der Waals surface area contributed by atoms with Gasteiger partial charge in [0.05, 0.1) is 12.9 Å². The van der Waals surface area contributed by atoms with Gasteiger partial charge in [-0.1, -0.05) is 55.2 Å². The lowest BCUT2D eigenvalue weighted by molar-refractivity contribution is -0.139. The lowest BCUT2D eigenvalue weighted by Crippen LogP contribution is -2.51. The number of carbonyl (C=O) groups is 2. The molecule has 2 aromatic carbocycles. The van der Waals surface area contributed by atoms with Crippen LogP contribution in [0.15, 0.2) is 42.5 Å². The molecule has 0 saturated heterocycles. The molecule has 0 fully saturated rings. The molecule has 0 bridgehead atoms. The summed E-state index contributed by atoms with van der Waals surface area (Å²) in [5, 5.41) is 4.18. The second-order valence-electron chi connectivity index (χ2n) is 7.81. The van der Waals surface area contributed by atoms with Crippen LogP contribution < -0.4 is 10.1 Å². The van der Waals surface area contributed by atoms with Gasteiger partial charge in [0, 0.05) is 28.4 Å². The van der Waals surface area contributed by atoms with E-state index in [2.05, 4.69) is 5.32 Å². The van der Waals surface area contributed by atoms with Gasteiger partial charge in [0.1, 0.15) is 11.8 Å². The minimum absolute atomic E-state index is 0.0389. The molecule has 180 valence electrons. The summed E-state index contributed by atoms with van der Waals surface area (Å²) in [5.41, 5.74) is 1.70. The highest BCUT2D eigenvalue weighted by Gasteiger charge is 2.29. The molecule has 8 heteroatoms. The van der Waals surface area contributed by atoms with E-state index in [9.17, 15) is 9.59 Å². The molecular formula is C25H32Cl2N2O3S. The second-order valence-corrected chi connectivity index (χ2v) is 9.61. The number of benzene rings is 2. The Morgan fingerprint density at radius 1 is 1.09 bits per heavy atom. The highest BCUT2D eigenvalue weighted by Crippen LogP contribution is 2.28. The molecule has 0 spiro atoms. The molecule has 2 rings (SSSR count). The van der Waals surface area contributed by atoms with E-state index in [0.717, 1.165) is 17.5 Å². The number of methoxy groups -OCH3 is 1. The van der Waals surface area contributed by atoms with Gasteiger partial charge in [0.25, 0.3) is 0 Å². The van der Waals surface area contributed by atoms with Crippen molar-refractivity contribution in [1.29, 1.82) is 0 Å². The molecular weight excluding hydrogens is 479 g/mol. The van der Waals surface area contributed by atoms with E-state index in [1.165, 1.54) is 11.8 Å². The third kappa shape index (κ3) is 8.13. The fraction of sp³-hybridized carbons (Fsp3) is 0.440. The van der Waals surface area contributed by atoms with Crippen molar-refractivity contribution >= 4 is 46.8 Å². The topological polar surface area (TPSA) is 58.6 Å². The summed E-state index contributed by atoms with van der Waals surface area (Å²) >= 11 is 14.0. The molecule has 0 aromatic heterocycles. The largest absolute Gasteiger partial charge is 0.497 e. The van der Waals surface area contributed by atoms with Gasteiger partial charge in [-0.2, -0.15) is 0 Å². The van der Waals surface area contributed by atoms with Gasteiger partial charge in [0.2, 0.25) is 11.8 Å². The maximum absolute atomic E-state index is 13.4. The summed E-state index contributed by atoms with van der Waals surface area (Å²) in [5.74, 6) is 1.17. The summed E-state index contributed by atoms with van der Waals surface area (Å²) in [4.78, 5) is 28.0. The normalized spacial score (nSPS) is 12.7. The molecule has 0 aliphatic rings. The Bertz CT molecular complexity index is 921. The van der Waals surface area contributed by atoms with Crippen molar-refractivity contribution in [2.45, 2.75) is 58.0 Å². The smallest absolute Gasteiger partial charge is 0.243 e. The molecule has 0 aliphatic carbocycles. The van der Waals surface area contributed by atoms with Gasteiger partial charge >= 0.3 is 0 Å². The van der Waals surface area contributed by atoms with Crippen LogP contribution in [0.25, 0.3) is 0 Å². The standard InChI is InChI=1S/C25H32Cl2N2O3S/c1-5-17(3)28-25(31)23(6-2)29(14-18-9-7-10-19(13-18)32-4)24(30)16-33-15-20-21(26)11-8-12-22(20)27/h7-13,17,23H,5-6,14-16H2,1-4H3,(H,28,31)/t17-,23+/m0/s1. The third-order valence-corrected chi connectivity index (χ3v) is 7.06. The molecule has 1 N–H and O–H groups in total. The Labute approximate surface area is 211 Å². The minimum atomic E-state index is -0.567. The number of hydrogen-bond acceptors (Lipinski definition) is 4. The fourth-order valence-electron chi connectivity index (χ4n) is 3.32. The van der Waals surface area contributed by atoms with Crippen LogP contribution in [0.4, 0.5) is 0 Å². The van der Waals surface area contributed by atoms with E-state index in [1.807, 2.05) is 45.0 Å². The fourth-order valence-corrected chi connectivity index (χ4v) is 4.97. The SMILES string of the molecule is CC[C@H](C(=O)N[C@@H](C)CC)N(Cc1cccc(OC)c1)C(=O)CSCc1c(Cl)cccc1Cl. The van der Waals surface area contributed by atoms with Crippen molar-refractivity contribution in [1.82, 2.24) is 10.2 Å². The van der Waals surface area contributed by atoms with Crippen LogP contribution in [0.5, 0.6) is 5.75 Å². The van der Waals surface area contributed by atoms with Crippen LogP contribution in [0.1, 0.15) is 44.7 Å². The highest BCUT2D eigenvalue weighted by atomic mass is 35.5. The number of nitrogens with zero attached hydrogens (tertiary/aromatic N) is 1. The van der Waals surface area contributed by atoms with E-state index >= 15 is 0 Å². The van der Waals surface area contributed by atoms with Gasteiger partial charge in [-0.05, 0) is 55.2 Å². The molecule has 0 radical (unpaired) electrons. The van der Waals surface area contributed by atoms with Crippen LogP contribution in [-0.2, 0) is 21.9 Å². The van der Waals surface area contributed by atoms with E-state index in [-0.39, 0.29) is 23.6 Å². The molecule has 5 nitrogen and oxygen atoms in total. The zero-order chi connectivity index (χ0) is 24.4. The summed E-state index contributed by atoms with van der Waals surface area (Å²) in [6.45, 7) is 6.21. The van der Waals surface area contributed by atoms with Crippen LogP contribution in [0.3, 0.4) is 0 Å². The first-order valence-corrected chi connectivity index (χ1v) is 12.9. The Hall–Kier alpha value is -1.89. The molecule has 0 saturated carbocycles. The van der Waals surface area contributed by atoms with Gasteiger partial charge in [-0.25, -0.2) is 0 Å². The van der Waals surface area contributed by atoms with Gasteiger partial charge < -0.3 is 15.0 Å². The molecule has 2 aromatic rings. The summed E-state index contributed by atoms with van der Waals surface area (Å²) in [6.07, 6.45) is 1.33. The zero-order valence-corrected chi connectivity index (χ0v) is 21.9. The number of thioether (sulfide) groups is 1. The lowest BCUT2D eigenvalue weighted by atomic mass is 10.1. The van der Waals surface area contributed by atoms with E-state index in [0.29, 0.717) is 34.5 Å². The number of rotatable bonds is 12. The maximum atomic E-state index is 13.4. The lowest BCUT2D eigenvalue weighted by Gasteiger charge is -2.31. The van der Waals surface area contributed by atoms with Crippen LogP contribution in [-0.4, -0.2) is 41.7 Å². The van der Waals surface area contributed by atoms with Gasteiger partial charge in [-0.15, -0.1) is 11.8 Å². The Morgan fingerprint density at radius 2 is 1.76 bits per heavy atom. The maximum Gasteiger partial charge on any atom is 0.243 e. The van der Waals surface area contributed by atoms with Crippen LogP contribution in [0.2, 0.25) is 10.0 Å². The molecule has 33 heavy (non-hydrogen) atoms. The van der Waals surface area contributed by atoms with Gasteiger partial charge in [0.15, 0.2) is 0 Å². The van der Waals surface area contributed by atoms with Crippen molar-refractivity contribution < 1.29 is 14.3 Å². The quantitative estimate of drug-likeness (QED) is 0.382. The molecule has 0 unspecified atom stereocenters. The van der Waals surface area contributed by atoms with E-state index in [4.69, 9.17) is 27.9 Å². The average Bonchev–Trinajstić information content (AvgIpc) is 2.80. The Morgan fingerprint density at radius 3 is 2.36 bits per heavy atom. The first-order chi connectivity index (χ1) is 15.8. The number of ether oxygens (including phenoxy) is 1. The van der Waals surface area contributed by atoms with E-state index in [1.54, 1.807) is 30.2 Å². The summed E-state index contributed by atoms with van der Waals surface area (Å²) in [6, 6.07) is 12.4. The predicted octanol–water partition coefficient (Wildman–Crippen LogP) is 5.96. The molecule has 2 atom stereocenters. The number of nitrogens with one attached hydrogen (secondary N) is 1. The Balaban J connectivity index is 2.20. The first kappa shape index (κ1) is 27.4. The molecule has 0 aliphatic heterocycles. The number of halogens is 2. The minimum Gasteiger partial charge on any atom is -0.497 e. The van der Waals surface area contributed by atoms with Crippen molar-refractivity contribution in [3.05, 3.63) is 63.6 Å². The monoisotopic (exact) mass is 510 g/mol. The number of hydrogen-bond donors (Lipinski definition) is 1. The van der Waals surface area contributed by atoms with Crippen LogP contribution >= 0.6 is 35.0 Å². The summed E-state index contributed by atoms with van der Waals surface area (Å²) in [7, 11) is 1.60. The van der Waals surface area contributed by atoms with Crippen molar-refractivity contribution in [3.63, 3.8) is 0 Å².